The normalized spacial score (nSPS) is 12.4. The molecule has 0 aliphatic carbocycles. The van der Waals surface area contributed by atoms with Crippen LogP contribution in [0, 0.1) is 0 Å². The minimum Gasteiger partial charge on any atom is -0.486 e. The van der Waals surface area contributed by atoms with Gasteiger partial charge in [-0.3, -0.25) is 9.59 Å². The van der Waals surface area contributed by atoms with E-state index < -0.39 is 0 Å². The van der Waals surface area contributed by atoms with E-state index in [2.05, 4.69) is 5.32 Å². The second-order valence-corrected chi connectivity index (χ2v) is 7.13. The molecule has 0 fully saturated rings. The molecular weight excluding hydrogens is 380 g/mol. The number of amides is 2. The fraction of sp³-hybridized carbons (Fsp3) is 0.250. The molecule has 3 aromatic rings. The van der Waals surface area contributed by atoms with Gasteiger partial charge in [0.15, 0.2) is 11.5 Å². The molecule has 1 heterocycles. The average Bonchev–Trinajstić information content (AvgIpc) is 2.77. The van der Waals surface area contributed by atoms with Crippen LogP contribution in [0.4, 0.5) is 5.69 Å². The topological polar surface area (TPSA) is 67.9 Å². The molecule has 0 aromatic heterocycles. The van der Waals surface area contributed by atoms with Crippen molar-refractivity contribution in [2.75, 3.05) is 31.6 Å². The Bertz CT molecular complexity index is 1070. The summed E-state index contributed by atoms with van der Waals surface area (Å²) in [5, 5.41) is 5.00. The SMILES string of the molecule is CCN(CC(=O)Nc1ccc2c(c1)OCCO2)C(=O)Cc1cccc2ccccc12. The van der Waals surface area contributed by atoms with E-state index in [4.69, 9.17) is 9.47 Å². The van der Waals surface area contributed by atoms with Crippen molar-refractivity contribution in [3.63, 3.8) is 0 Å². The van der Waals surface area contributed by atoms with Crippen LogP contribution in [0.5, 0.6) is 11.5 Å². The molecule has 0 saturated carbocycles. The maximum absolute atomic E-state index is 12.9. The third-order valence-corrected chi connectivity index (χ3v) is 5.12. The van der Waals surface area contributed by atoms with Crippen LogP contribution >= 0.6 is 0 Å². The van der Waals surface area contributed by atoms with E-state index in [9.17, 15) is 9.59 Å². The molecule has 6 heteroatoms. The van der Waals surface area contributed by atoms with Crippen LogP contribution in [0.25, 0.3) is 10.8 Å². The maximum atomic E-state index is 12.9. The first-order valence-corrected chi connectivity index (χ1v) is 10.1. The number of fused-ring (bicyclic) bond motifs is 2. The highest BCUT2D eigenvalue weighted by Gasteiger charge is 2.18. The molecule has 1 N–H and O–H groups in total. The molecule has 4 rings (SSSR count). The van der Waals surface area contributed by atoms with Gasteiger partial charge in [-0.15, -0.1) is 0 Å². The lowest BCUT2D eigenvalue weighted by atomic mass is 10.0. The second-order valence-electron chi connectivity index (χ2n) is 7.13. The Balaban J connectivity index is 1.41. The van der Waals surface area contributed by atoms with E-state index in [1.807, 2.05) is 49.4 Å². The number of rotatable bonds is 6. The predicted molar refractivity (Wildman–Crippen MR) is 116 cm³/mol. The second kappa shape index (κ2) is 8.86. The van der Waals surface area contributed by atoms with E-state index in [0.29, 0.717) is 36.9 Å². The summed E-state index contributed by atoms with van der Waals surface area (Å²) in [5.41, 5.74) is 1.57. The number of likely N-dealkylation sites (N-methyl/N-ethyl adjacent to an activating group) is 1. The lowest BCUT2D eigenvalue weighted by Crippen LogP contribution is -2.38. The largest absolute Gasteiger partial charge is 0.486 e. The van der Waals surface area contributed by atoms with Gasteiger partial charge in [0.05, 0.1) is 13.0 Å². The first-order chi connectivity index (χ1) is 14.6. The Hall–Kier alpha value is -3.54. The fourth-order valence-electron chi connectivity index (χ4n) is 3.59. The minimum absolute atomic E-state index is 0.00542. The highest BCUT2D eigenvalue weighted by atomic mass is 16.6. The molecule has 0 unspecified atom stereocenters. The highest BCUT2D eigenvalue weighted by Crippen LogP contribution is 2.32. The van der Waals surface area contributed by atoms with Crippen molar-refractivity contribution >= 4 is 28.3 Å². The number of nitrogens with one attached hydrogen (secondary N) is 1. The molecule has 3 aromatic carbocycles. The van der Waals surface area contributed by atoms with Gasteiger partial charge < -0.3 is 19.7 Å². The summed E-state index contributed by atoms with van der Waals surface area (Å²) >= 11 is 0. The molecule has 0 spiro atoms. The van der Waals surface area contributed by atoms with Crippen molar-refractivity contribution in [3.05, 3.63) is 66.2 Å². The molecule has 0 saturated heterocycles. The molecule has 6 nitrogen and oxygen atoms in total. The summed E-state index contributed by atoms with van der Waals surface area (Å²) in [6, 6.07) is 19.2. The lowest BCUT2D eigenvalue weighted by Gasteiger charge is -2.22. The summed E-state index contributed by atoms with van der Waals surface area (Å²) in [5.74, 6) is 0.948. The van der Waals surface area contributed by atoms with Gasteiger partial charge in [-0.1, -0.05) is 42.5 Å². The lowest BCUT2D eigenvalue weighted by molar-refractivity contribution is -0.133. The van der Waals surface area contributed by atoms with E-state index in [-0.39, 0.29) is 24.8 Å². The number of hydrogen-bond acceptors (Lipinski definition) is 4. The Morgan fingerprint density at radius 2 is 1.73 bits per heavy atom. The number of nitrogens with zero attached hydrogens (tertiary/aromatic N) is 1. The van der Waals surface area contributed by atoms with Crippen molar-refractivity contribution < 1.29 is 19.1 Å². The van der Waals surface area contributed by atoms with Gasteiger partial charge in [0, 0.05) is 18.3 Å². The predicted octanol–water partition coefficient (Wildman–Crippen LogP) is 3.64. The zero-order valence-corrected chi connectivity index (χ0v) is 16.9. The smallest absolute Gasteiger partial charge is 0.243 e. The van der Waals surface area contributed by atoms with Gasteiger partial charge in [-0.25, -0.2) is 0 Å². The fourth-order valence-corrected chi connectivity index (χ4v) is 3.59. The van der Waals surface area contributed by atoms with Crippen LogP contribution in [0.15, 0.2) is 60.7 Å². The third-order valence-electron chi connectivity index (χ3n) is 5.12. The quantitative estimate of drug-likeness (QED) is 0.681. The summed E-state index contributed by atoms with van der Waals surface area (Å²) in [6.07, 6.45) is 0.256. The number of ether oxygens (including phenoxy) is 2. The average molecular weight is 404 g/mol. The van der Waals surface area contributed by atoms with Crippen LogP contribution < -0.4 is 14.8 Å². The van der Waals surface area contributed by atoms with Crippen molar-refractivity contribution in [2.24, 2.45) is 0 Å². The Labute approximate surface area is 175 Å². The third kappa shape index (κ3) is 4.38. The van der Waals surface area contributed by atoms with Crippen LogP contribution in [0.2, 0.25) is 0 Å². The number of carbonyl (C=O) groups is 2. The van der Waals surface area contributed by atoms with Gasteiger partial charge in [-0.05, 0) is 35.4 Å². The number of hydrogen-bond donors (Lipinski definition) is 1. The van der Waals surface area contributed by atoms with Gasteiger partial charge >= 0.3 is 0 Å². The number of anilines is 1. The minimum atomic E-state index is -0.250. The zero-order valence-electron chi connectivity index (χ0n) is 16.9. The van der Waals surface area contributed by atoms with Crippen LogP contribution in [0.1, 0.15) is 12.5 Å². The van der Waals surface area contributed by atoms with E-state index >= 15 is 0 Å². The monoisotopic (exact) mass is 404 g/mol. The van der Waals surface area contributed by atoms with Crippen molar-refractivity contribution in [1.82, 2.24) is 4.90 Å². The first-order valence-electron chi connectivity index (χ1n) is 10.1. The molecule has 1 aliphatic heterocycles. The summed E-state index contributed by atoms with van der Waals surface area (Å²) in [4.78, 5) is 27.0. The Kier molecular flexibility index (Phi) is 5.84. The number of carbonyl (C=O) groups excluding carboxylic acids is 2. The van der Waals surface area contributed by atoms with E-state index in [1.165, 1.54) is 0 Å². The van der Waals surface area contributed by atoms with Crippen molar-refractivity contribution in [3.8, 4) is 11.5 Å². The van der Waals surface area contributed by atoms with Crippen LogP contribution in [-0.4, -0.2) is 43.0 Å². The van der Waals surface area contributed by atoms with E-state index in [0.717, 1.165) is 16.3 Å². The first kappa shape index (κ1) is 19.8. The van der Waals surface area contributed by atoms with E-state index in [1.54, 1.807) is 23.1 Å². The molecule has 0 atom stereocenters. The van der Waals surface area contributed by atoms with Gasteiger partial charge in [-0.2, -0.15) is 0 Å². The summed E-state index contributed by atoms with van der Waals surface area (Å²) in [7, 11) is 0. The van der Waals surface area contributed by atoms with Crippen LogP contribution in [-0.2, 0) is 16.0 Å². The number of benzene rings is 3. The maximum Gasteiger partial charge on any atom is 0.243 e. The molecule has 0 bridgehead atoms. The molecule has 0 radical (unpaired) electrons. The molecule has 2 amide bonds. The summed E-state index contributed by atoms with van der Waals surface area (Å²) in [6.45, 7) is 3.32. The van der Waals surface area contributed by atoms with Crippen LogP contribution in [0.3, 0.4) is 0 Å². The van der Waals surface area contributed by atoms with Crippen molar-refractivity contribution in [2.45, 2.75) is 13.3 Å². The Morgan fingerprint density at radius 1 is 0.967 bits per heavy atom. The molecule has 1 aliphatic rings. The standard InChI is InChI=1S/C24H24N2O4/c1-2-26(24(28)14-18-8-5-7-17-6-3-4-9-20(17)18)16-23(27)25-19-10-11-21-22(15-19)30-13-12-29-21/h3-11,15H,2,12-14,16H2,1H3,(H,25,27). The van der Waals surface area contributed by atoms with Gasteiger partial charge in [0.25, 0.3) is 0 Å². The molecule has 30 heavy (non-hydrogen) atoms. The van der Waals surface area contributed by atoms with Gasteiger partial charge in [0.1, 0.15) is 13.2 Å². The Morgan fingerprint density at radius 3 is 2.57 bits per heavy atom. The highest BCUT2D eigenvalue weighted by molar-refractivity contribution is 5.96. The van der Waals surface area contributed by atoms with Crippen molar-refractivity contribution in [1.29, 1.82) is 0 Å². The van der Waals surface area contributed by atoms with Gasteiger partial charge in [0.2, 0.25) is 11.8 Å². The zero-order chi connectivity index (χ0) is 20.9. The molecular formula is C24H24N2O4. The molecule has 154 valence electrons. The summed E-state index contributed by atoms with van der Waals surface area (Å²) < 4.78 is 11.0.